The van der Waals surface area contributed by atoms with Crippen molar-refractivity contribution in [2.45, 2.75) is 0 Å². The van der Waals surface area contributed by atoms with E-state index in [2.05, 4.69) is 11.8 Å². The fourth-order valence-electron chi connectivity index (χ4n) is 0.973. The molecule has 2 N–H and O–H groups in total. The van der Waals surface area contributed by atoms with Crippen LogP contribution in [0.4, 0.5) is 11.4 Å². The van der Waals surface area contributed by atoms with Gasteiger partial charge in [-0.25, -0.2) is 0 Å². The minimum atomic E-state index is -0.621. The highest BCUT2D eigenvalue weighted by molar-refractivity contribution is 5.76. The molecule has 1 rings (SSSR count). The topological polar surface area (TPSA) is 86.2 Å². The van der Waals surface area contributed by atoms with Gasteiger partial charge in [0.25, 0.3) is 0 Å². The van der Waals surface area contributed by atoms with E-state index in [0.29, 0.717) is 6.29 Å². The number of para-hydroxylation sites is 1. The van der Waals surface area contributed by atoms with E-state index in [9.17, 15) is 14.9 Å². The first-order chi connectivity index (χ1) is 6.66. The lowest BCUT2D eigenvalue weighted by Crippen LogP contribution is -1.98. The van der Waals surface area contributed by atoms with Crippen LogP contribution < -0.4 is 5.73 Å². The van der Waals surface area contributed by atoms with Gasteiger partial charge in [0.15, 0.2) is 6.29 Å². The first kappa shape index (κ1) is 9.74. The van der Waals surface area contributed by atoms with E-state index in [1.807, 2.05) is 0 Å². The molecule has 0 bridgehead atoms. The fraction of sp³-hybridized carbons (Fsp3) is 0. The number of hydrogen-bond acceptors (Lipinski definition) is 4. The van der Waals surface area contributed by atoms with E-state index < -0.39 is 4.92 Å². The Hall–Kier alpha value is -2.35. The number of nitrogen functional groups attached to an aromatic ring is 1. The molecule has 1 aromatic rings. The molecule has 70 valence electrons. The zero-order valence-corrected chi connectivity index (χ0v) is 7.06. The number of carbonyl (C=O) groups is 1. The molecule has 0 atom stereocenters. The molecule has 0 amide bonds. The van der Waals surface area contributed by atoms with E-state index in [-0.39, 0.29) is 16.9 Å². The van der Waals surface area contributed by atoms with Crippen molar-refractivity contribution in [3.63, 3.8) is 0 Å². The number of carbonyl (C=O) groups excluding carboxylic acids is 1. The average molecular weight is 190 g/mol. The largest absolute Gasteiger partial charge is 0.393 e. The highest BCUT2D eigenvalue weighted by Gasteiger charge is 2.15. The van der Waals surface area contributed by atoms with Crippen molar-refractivity contribution in [3.05, 3.63) is 33.9 Å². The molecule has 0 fully saturated rings. The van der Waals surface area contributed by atoms with Gasteiger partial charge in [-0.2, -0.15) is 0 Å². The zero-order chi connectivity index (χ0) is 10.6. The number of nitro groups is 1. The van der Waals surface area contributed by atoms with Gasteiger partial charge in [0.05, 0.1) is 4.92 Å². The van der Waals surface area contributed by atoms with Crippen molar-refractivity contribution in [1.82, 2.24) is 0 Å². The van der Waals surface area contributed by atoms with Gasteiger partial charge < -0.3 is 5.73 Å². The van der Waals surface area contributed by atoms with Gasteiger partial charge in [0, 0.05) is 0 Å². The van der Waals surface area contributed by atoms with Crippen molar-refractivity contribution >= 4 is 17.7 Å². The van der Waals surface area contributed by atoms with E-state index >= 15 is 0 Å². The van der Waals surface area contributed by atoms with Gasteiger partial charge in [0.2, 0.25) is 0 Å². The van der Waals surface area contributed by atoms with Crippen LogP contribution in [-0.4, -0.2) is 11.2 Å². The van der Waals surface area contributed by atoms with Gasteiger partial charge in [0.1, 0.15) is 11.3 Å². The van der Waals surface area contributed by atoms with Gasteiger partial charge >= 0.3 is 5.69 Å². The Balaban J connectivity index is 3.35. The van der Waals surface area contributed by atoms with E-state index in [1.165, 1.54) is 18.2 Å². The maximum absolute atomic E-state index is 10.6. The molecule has 0 aliphatic carbocycles. The smallest absolute Gasteiger partial charge is 0.307 e. The summed E-state index contributed by atoms with van der Waals surface area (Å²) in [6, 6.07) is 4.38. The molecule has 0 spiro atoms. The predicted molar refractivity (Wildman–Crippen MR) is 50.5 cm³/mol. The summed E-state index contributed by atoms with van der Waals surface area (Å²) in [7, 11) is 0. The SMILES string of the molecule is Nc1cccc(C#CC=O)c1[N+](=O)[O-]. The highest BCUT2D eigenvalue weighted by atomic mass is 16.6. The van der Waals surface area contributed by atoms with Crippen LogP contribution in [-0.2, 0) is 4.79 Å². The number of nitro benzene ring substituents is 1. The summed E-state index contributed by atoms with van der Waals surface area (Å²) < 4.78 is 0. The number of nitrogens with two attached hydrogens (primary N) is 1. The molecule has 5 nitrogen and oxygen atoms in total. The highest BCUT2D eigenvalue weighted by Crippen LogP contribution is 2.24. The lowest BCUT2D eigenvalue weighted by molar-refractivity contribution is -0.384. The summed E-state index contributed by atoms with van der Waals surface area (Å²) in [4.78, 5) is 19.9. The Bertz CT molecular complexity index is 443. The quantitative estimate of drug-likeness (QED) is 0.232. The number of anilines is 1. The lowest BCUT2D eigenvalue weighted by atomic mass is 10.1. The van der Waals surface area contributed by atoms with Crippen LogP contribution in [0.5, 0.6) is 0 Å². The van der Waals surface area contributed by atoms with Crippen LogP contribution in [0, 0.1) is 22.0 Å². The Kier molecular flexibility index (Phi) is 2.82. The Morgan fingerprint density at radius 2 is 2.21 bits per heavy atom. The van der Waals surface area contributed by atoms with E-state index in [1.54, 1.807) is 0 Å². The van der Waals surface area contributed by atoms with Crippen LogP contribution >= 0.6 is 0 Å². The minimum absolute atomic E-state index is 0.0349. The summed E-state index contributed by atoms with van der Waals surface area (Å²) in [6.07, 6.45) is 0.368. The monoisotopic (exact) mass is 190 g/mol. The molecule has 0 aliphatic rings. The molecule has 0 unspecified atom stereocenters. The molecule has 0 radical (unpaired) electrons. The third kappa shape index (κ3) is 1.87. The maximum atomic E-state index is 10.6. The van der Waals surface area contributed by atoms with E-state index in [4.69, 9.17) is 5.73 Å². The third-order valence-corrected chi connectivity index (χ3v) is 1.52. The zero-order valence-electron chi connectivity index (χ0n) is 7.06. The fourth-order valence-corrected chi connectivity index (χ4v) is 0.973. The van der Waals surface area contributed by atoms with Crippen LogP contribution in [0.3, 0.4) is 0 Å². The maximum Gasteiger partial charge on any atom is 0.307 e. The number of rotatable bonds is 1. The van der Waals surface area contributed by atoms with Crippen molar-refractivity contribution in [2.75, 3.05) is 5.73 Å². The van der Waals surface area contributed by atoms with Crippen LogP contribution in [0.1, 0.15) is 5.56 Å². The van der Waals surface area contributed by atoms with Crippen LogP contribution in [0.25, 0.3) is 0 Å². The molecule has 0 aromatic heterocycles. The molecule has 1 aromatic carbocycles. The normalized spacial score (nSPS) is 8.57. The lowest BCUT2D eigenvalue weighted by Gasteiger charge is -1.97. The number of benzene rings is 1. The number of aldehydes is 1. The summed E-state index contributed by atoms with van der Waals surface area (Å²) in [6.45, 7) is 0. The van der Waals surface area contributed by atoms with Crippen LogP contribution in [0.15, 0.2) is 18.2 Å². The molecule has 0 aliphatic heterocycles. The molecule has 0 heterocycles. The molecule has 5 heteroatoms. The second-order valence-electron chi connectivity index (χ2n) is 2.39. The third-order valence-electron chi connectivity index (χ3n) is 1.52. The van der Waals surface area contributed by atoms with Gasteiger partial charge in [-0.3, -0.25) is 14.9 Å². The Morgan fingerprint density at radius 3 is 2.79 bits per heavy atom. The number of hydrogen-bond donors (Lipinski definition) is 1. The minimum Gasteiger partial charge on any atom is -0.393 e. The van der Waals surface area contributed by atoms with Gasteiger partial charge in [-0.15, -0.1) is 0 Å². The van der Waals surface area contributed by atoms with Crippen molar-refractivity contribution in [3.8, 4) is 11.8 Å². The van der Waals surface area contributed by atoms with Crippen LogP contribution in [0.2, 0.25) is 0 Å². The van der Waals surface area contributed by atoms with E-state index in [0.717, 1.165) is 0 Å². The summed E-state index contributed by atoms with van der Waals surface area (Å²) in [5.41, 5.74) is 5.31. The van der Waals surface area contributed by atoms with Crippen molar-refractivity contribution in [2.24, 2.45) is 0 Å². The van der Waals surface area contributed by atoms with Gasteiger partial charge in [-0.05, 0) is 18.1 Å². The summed E-state index contributed by atoms with van der Waals surface area (Å²) >= 11 is 0. The molecule has 14 heavy (non-hydrogen) atoms. The number of nitrogens with zero attached hydrogens (tertiary/aromatic N) is 1. The molecular weight excluding hydrogens is 184 g/mol. The predicted octanol–water partition coefficient (Wildman–Crippen LogP) is 0.727. The summed E-state index contributed by atoms with van der Waals surface area (Å²) in [5, 5.41) is 10.6. The molecule has 0 saturated carbocycles. The Morgan fingerprint density at radius 1 is 1.50 bits per heavy atom. The first-order valence-corrected chi connectivity index (χ1v) is 3.65. The standard InChI is InChI=1S/C9H6N2O3/c10-8-5-1-3-7(4-2-6-12)9(8)11(13)14/h1,3,5-6H,10H2. The molecule has 0 saturated heterocycles. The van der Waals surface area contributed by atoms with Crippen molar-refractivity contribution in [1.29, 1.82) is 0 Å². The van der Waals surface area contributed by atoms with Crippen molar-refractivity contribution < 1.29 is 9.72 Å². The van der Waals surface area contributed by atoms with Gasteiger partial charge in [-0.1, -0.05) is 12.0 Å². The molecular formula is C9H6N2O3. The average Bonchev–Trinajstić information content (AvgIpc) is 2.14. The summed E-state index contributed by atoms with van der Waals surface area (Å²) in [5.74, 6) is 4.44. The second kappa shape index (κ2) is 4.05. The second-order valence-corrected chi connectivity index (χ2v) is 2.39. The first-order valence-electron chi connectivity index (χ1n) is 3.65. The Labute approximate surface area is 79.7 Å².